The average molecular weight is 241 g/mol. The number of halogens is 3. The monoisotopic (exact) mass is 241 g/mol. The first-order valence-electron chi connectivity index (χ1n) is 5.00. The third kappa shape index (κ3) is 2.64. The van der Waals surface area contributed by atoms with Crippen LogP contribution in [0.15, 0.2) is 24.3 Å². The number of alkyl halides is 3. The molecule has 2 rings (SSSR count). The highest BCUT2D eigenvalue weighted by molar-refractivity contribution is 5.92. The summed E-state index contributed by atoms with van der Waals surface area (Å²) in [6.07, 6.45) is -4.27. The van der Waals surface area contributed by atoms with Crippen LogP contribution in [0.1, 0.15) is 5.69 Å². The minimum atomic E-state index is -4.27. The van der Waals surface area contributed by atoms with Gasteiger partial charge in [-0.05, 0) is 6.92 Å². The second-order valence-corrected chi connectivity index (χ2v) is 3.65. The zero-order valence-electron chi connectivity index (χ0n) is 9.04. The minimum absolute atomic E-state index is 0.156. The van der Waals surface area contributed by atoms with Gasteiger partial charge in [0.15, 0.2) is 5.82 Å². The van der Waals surface area contributed by atoms with Gasteiger partial charge in [0.2, 0.25) is 0 Å². The summed E-state index contributed by atoms with van der Waals surface area (Å²) in [4.78, 5) is 0. The first kappa shape index (κ1) is 11.6. The molecule has 0 saturated heterocycles. The molecule has 1 heterocycles. The smallest absolute Gasteiger partial charge is 0.359 e. The highest BCUT2D eigenvalue weighted by Gasteiger charge is 2.27. The Morgan fingerprint density at radius 3 is 2.41 bits per heavy atom. The van der Waals surface area contributed by atoms with Crippen molar-refractivity contribution < 1.29 is 13.2 Å². The molecule has 6 heteroatoms. The molecule has 0 radical (unpaired) electrons. The van der Waals surface area contributed by atoms with Crippen molar-refractivity contribution in [2.24, 2.45) is 0 Å². The van der Waals surface area contributed by atoms with Gasteiger partial charge in [0.1, 0.15) is 6.54 Å². The number of aromatic nitrogens is 2. The van der Waals surface area contributed by atoms with Crippen LogP contribution in [0.4, 0.5) is 19.0 Å². The van der Waals surface area contributed by atoms with Crippen molar-refractivity contribution in [1.82, 2.24) is 10.2 Å². The SMILES string of the molecule is Cc1nnc(NCC(F)(F)F)c2ccccc12. The minimum Gasteiger partial charge on any atom is -0.359 e. The van der Waals surface area contributed by atoms with Crippen molar-refractivity contribution in [2.75, 3.05) is 11.9 Å². The third-order valence-electron chi connectivity index (χ3n) is 2.33. The Kier molecular flexibility index (Phi) is 2.87. The summed E-state index contributed by atoms with van der Waals surface area (Å²) in [5.74, 6) is 0.156. The lowest BCUT2D eigenvalue weighted by molar-refractivity contribution is -0.115. The predicted molar refractivity (Wildman–Crippen MR) is 58.8 cm³/mol. The van der Waals surface area contributed by atoms with E-state index in [0.717, 1.165) is 5.39 Å². The summed E-state index contributed by atoms with van der Waals surface area (Å²) in [6.45, 7) is 0.650. The van der Waals surface area contributed by atoms with E-state index in [2.05, 4.69) is 15.5 Å². The van der Waals surface area contributed by atoms with Crippen LogP contribution in [0, 0.1) is 6.92 Å². The van der Waals surface area contributed by atoms with Crippen molar-refractivity contribution in [2.45, 2.75) is 13.1 Å². The first-order chi connectivity index (χ1) is 7.97. The Labute approximate surface area is 95.7 Å². The molecule has 17 heavy (non-hydrogen) atoms. The maximum Gasteiger partial charge on any atom is 0.405 e. The van der Waals surface area contributed by atoms with E-state index < -0.39 is 12.7 Å². The molecule has 0 aliphatic carbocycles. The summed E-state index contributed by atoms with van der Waals surface area (Å²) in [6, 6.07) is 7.08. The third-order valence-corrected chi connectivity index (χ3v) is 2.33. The number of benzene rings is 1. The molecule has 90 valence electrons. The van der Waals surface area contributed by atoms with E-state index in [1.165, 1.54) is 0 Å². The van der Waals surface area contributed by atoms with E-state index in [-0.39, 0.29) is 5.82 Å². The second kappa shape index (κ2) is 4.20. The zero-order chi connectivity index (χ0) is 12.5. The van der Waals surface area contributed by atoms with Crippen LogP contribution in [0.25, 0.3) is 10.8 Å². The molecule has 0 bridgehead atoms. The quantitative estimate of drug-likeness (QED) is 0.878. The molecule has 1 aromatic carbocycles. The predicted octanol–water partition coefficient (Wildman–Crippen LogP) is 2.91. The van der Waals surface area contributed by atoms with E-state index >= 15 is 0 Å². The van der Waals surface area contributed by atoms with Crippen LogP contribution in [0.3, 0.4) is 0 Å². The van der Waals surface area contributed by atoms with Gasteiger partial charge in [-0.15, -0.1) is 5.10 Å². The van der Waals surface area contributed by atoms with E-state index in [0.29, 0.717) is 11.1 Å². The fraction of sp³-hybridized carbons (Fsp3) is 0.273. The van der Waals surface area contributed by atoms with Gasteiger partial charge in [-0.2, -0.15) is 18.3 Å². The van der Waals surface area contributed by atoms with Gasteiger partial charge in [-0.1, -0.05) is 24.3 Å². The first-order valence-corrected chi connectivity index (χ1v) is 5.00. The summed E-state index contributed by atoms with van der Waals surface area (Å²) in [5.41, 5.74) is 0.693. The normalized spacial score (nSPS) is 11.8. The molecule has 3 nitrogen and oxygen atoms in total. The van der Waals surface area contributed by atoms with Gasteiger partial charge in [0.05, 0.1) is 5.69 Å². The molecular weight excluding hydrogens is 231 g/mol. The molecule has 0 spiro atoms. The molecule has 0 unspecified atom stereocenters. The Bertz CT molecular complexity index is 537. The number of hydrogen-bond acceptors (Lipinski definition) is 3. The standard InChI is InChI=1S/C11H10F3N3/c1-7-8-4-2-3-5-9(8)10(17-16-7)15-6-11(12,13)14/h2-5H,6H2,1H3,(H,15,17). The van der Waals surface area contributed by atoms with Crippen LogP contribution >= 0.6 is 0 Å². The van der Waals surface area contributed by atoms with Crippen LogP contribution in [-0.2, 0) is 0 Å². The molecule has 1 N–H and O–H groups in total. The highest BCUT2D eigenvalue weighted by atomic mass is 19.4. The Morgan fingerprint density at radius 1 is 1.12 bits per heavy atom. The topological polar surface area (TPSA) is 37.8 Å². The molecule has 0 amide bonds. The number of nitrogens with one attached hydrogen (secondary N) is 1. The van der Waals surface area contributed by atoms with E-state index in [1.807, 2.05) is 6.07 Å². The average Bonchev–Trinajstić information content (AvgIpc) is 2.27. The van der Waals surface area contributed by atoms with Gasteiger partial charge >= 0.3 is 6.18 Å². The fourth-order valence-electron chi connectivity index (χ4n) is 1.55. The number of anilines is 1. The van der Waals surface area contributed by atoms with Gasteiger partial charge < -0.3 is 5.32 Å². The summed E-state index contributed by atoms with van der Waals surface area (Å²) in [5, 5.41) is 11.3. The van der Waals surface area contributed by atoms with Crippen molar-refractivity contribution in [3.63, 3.8) is 0 Å². The Morgan fingerprint density at radius 2 is 1.76 bits per heavy atom. The van der Waals surface area contributed by atoms with E-state index in [1.54, 1.807) is 25.1 Å². The van der Waals surface area contributed by atoms with Crippen LogP contribution in [0.5, 0.6) is 0 Å². The lowest BCUT2D eigenvalue weighted by Gasteiger charge is -2.11. The van der Waals surface area contributed by atoms with Crippen molar-refractivity contribution in [1.29, 1.82) is 0 Å². The van der Waals surface area contributed by atoms with Gasteiger partial charge in [-0.25, -0.2) is 0 Å². The number of nitrogens with zero attached hydrogens (tertiary/aromatic N) is 2. The Balaban J connectivity index is 2.38. The summed E-state index contributed by atoms with van der Waals surface area (Å²) in [7, 11) is 0. The Hall–Kier alpha value is -1.85. The van der Waals surface area contributed by atoms with Crippen LogP contribution in [-0.4, -0.2) is 22.9 Å². The maximum atomic E-state index is 12.1. The van der Waals surface area contributed by atoms with Crippen molar-refractivity contribution >= 4 is 16.6 Å². The molecular formula is C11H10F3N3. The zero-order valence-corrected chi connectivity index (χ0v) is 9.04. The summed E-state index contributed by atoms with van der Waals surface area (Å²) < 4.78 is 36.3. The maximum absolute atomic E-state index is 12.1. The van der Waals surface area contributed by atoms with Crippen molar-refractivity contribution in [3.8, 4) is 0 Å². The summed E-state index contributed by atoms with van der Waals surface area (Å²) >= 11 is 0. The molecule has 0 saturated carbocycles. The second-order valence-electron chi connectivity index (χ2n) is 3.65. The largest absolute Gasteiger partial charge is 0.405 e. The van der Waals surface area contributed by atoms with Crippen LogP contribution < -0.4 is 5.32 Å². The lowest BCUT2D eigenvalue weighted by atomic mass is 10.1. The number of rotatable bonds is 2. The van der Waals surface area contributed by atoms with Gasteiger partial charge in [0, 0.05) is 10.8 Å². The number of fused-ring (bicyclic) bond motifs is 1. The number of aryl methyl sites for hydroxylation is 1. The van der Waals surface area contributed by atoms with E-state index in [9.17, 15) is 13.2 Å². The highest BCUT2D eigenvalue weighted by Crippen LogP contribution is 2.23. The van der Waals surface area contributed by atoms with Gasteiger partial charge in [0.25, 0.3) is 0 Å². The molecule has 2 aromatic rings. The fourth-order valence-corrected chi connectivity index (χ4v) is 1.55. The number of hydrogen-bond donors (Lipinski definition) is 1. The lowest BCUT2D eigenvalue weighted by Crippen LogP contribution is -2.22. The molecule has 0 aliphatic rings. The molecule has 1 aromatic heterocycles. The molecule has 0 aliphatic heterocycles. The van der Waals surface area contributed by atoms with Crippen LogP contribution in [0.2, 0.25) is 0 Å². The molecule has 0 fully saturated rings. The van der Waals surface area contributed by atoms with E-state index in [4.69, 9.17) is 0 Å². The van der Waals surface area contributed by atoms with Gasteiger partial charge in [-0.3, -0.25) is 0 Å². The van der Waals surface area contributed by atoms with Crippen molar-refractivity contribution in [3.05, 3.63) is 30.0 Å². The molecule has 0 atom stereocenters.